The zero-order valence-electron chi connectivity index (χ0n) is 14.1. The van der Waals surface area contributed by atoms with Crippen LogP contribution in [0.3, 0.4) is 0 Å². The van der Waals surface area contributed by atoms with Crippen molar-refractivity contribution in [2.24, 2.45) is 5.73 Å². The number of rotatable bonds is 8. The zero-order chi connectivity index (χ0) is 17.6. The molecule has 1 saturated heterocycles. The lowest BCUT2D eigenvalue weighted by Crippen LogP contribution is -2.40. The number of aliphatic hydroxyl groups excluding tert-OH is 1. The minimum absolute atomic E-state index is 0.255. The molecule has 4 N–H and O–H groups in total. The van der Waals surface area contributed by atoms with Crippen LogP contribution in [0.25, 0.3) is 0 Å². The van der Waals surface area contributed by atoms with Gasteiger partial charge >= 0.3 is 0 Å². The van der Waals surface area contributed by atoms with E-state index in [-0.39, 0.29) is 18.2 Å². The number of nitrogens with two attached hydrogens (primary N) is 1. The molecule has 2 atom stereocenters. The fraction of sp³-hybridized carbons (Fsp3) is 0.529. The Morgan fingerprint density at radius 1 is 1.60 bits per heavy atom. The second-order valence-corrected chi connectivity index (χ2v) is 6.42. The summed E-state index contributed by atoms with van der Waals surface area (Å²) in [6.07, 6.45) is 3.08. The number of nitrogens with zero attached hydrogens (tertiary/aromatic N) is 2. The minimum atomic E-state index is -0.559. The molecule has 136 valence electrons. The first kappa shape index (κ1) is 17.7. The van der Waals surface area contributed by atoms with Gasteiger partial charge in [0.05, 0.1) is 19.0 Å². The van der Waals surface area contributed by atoms with Crippen molar-refractivity contribution in [2.45, 2.75) is 31.5 Å². The van der Waals surface area contributed by atoms with Crippen LogP contribution in [0.15, 0.2) is 28.9 Å². The number of hydrogen-bond acceptors (Lipinski definition) is 6. The van der Waals surface area contributed by atoms with Crippen LogP contribution in [-0.4, -0.2) is 58.5 Å². The number of β-amino-alcohol motifs (C(OH)–C–C–N with tert-alkyl or cyclic N) is 1. The van der Waals surface area contributed by atoms with Crippen LogP contribution in [0, 0.1) is 0 Å². The van der Waals surface area contributed by atoms with Gasteiger partial charge < -0.3 is 24.9 Å². The summed E-state index contributed by atoms with van der Waals surface area (Å²) in [6.45, 7) is 2.90. The first-order valence-corrected chi connectivity index (χ1v) is 8.47. The number of piperidine rings is 1. The number of carbonyl (C=O) groups excluding carboxylic acids is 1. The molecule has 1 aliphatic heterocycles. The van der Waals surface area contributed by atoms with Crippen molar-refractivity contribution in [1.82, 2.24) is 15.1 Å². The third-order valence-electron chi connectivity index (χ3n) is 4.40. The van der Waals surface area contributed by atoms with Gasteiger partial charge in [-0.25, -0.2) is 0 Å². The molecule has 1 aliphatic rings. The van der Waals surface area contributed by atoms with E-state index < -0.39 is 12.0 Å². The lowest BCUT2D eigenvalue weighted by molar-refractivity contribution is 0.00118. The molecule has 3 rings (SSSR count). The van der Waals surface area contributed by atoms with Crippen LogP contribution >= 0.6 is 0 Å². The summed E-state index contributed by atoms with van der Waals surface area (Å²) in [5.41, 5.74) is 6.43. The maximum atomic E-state index is 11.2. The molecule has 1 fully saturated rings. The Balaban J connectivity index is 1.44. The summed E-state index contributed by atoms with van der Waals surface area (Å²) in [4.78, 5) is 13.4. The van der Waals surface area contributed by atoms with E-state index in [0.29, 0.717) is 13.2 Å². The highest BCUT2D eigenvalue weighted by atomic mass is 16.5. The topological polar surface area (TPSA) is 118 Å². The lowest BCUT2D eigenvalue weighted by Gasteiger charge is -2.33. The fourth-order valence-electron chi connectivity index (χ4n) is 3.19. The molecule has 3 heterocycles. The number of primary amides is 1. The van der Waals surface area contributed by atoms with Crippen molar-refractivity contribution in [3.8, 4) is 0 Å². The molecule has 0 unspecified atom stereocenters. The number of furan rings is 1. The van der Waals surface area contributed by atoms with Gasteiger partial charge in [0.25, 0.3) is 5.91 Å². The van der Waals surface area contributed by atoms with Crippen LogP contribution in [0.4, 0.5) is 0 Å². The van der Waals surface area contributed by atoms with E-state index in [9.17, 15) is 9.90 Å². The Morgan fingerprint density at radius 3 is 3.20 bits per heavy atom. The summed E-state index contributed by atoms with van der Waals surface area (Å²) < 4.78 is 10.7. The van der Waals surface area contributed by atoms with Crippen LogP contribution in [0.1, 0.15) is 40.7 Å². The van der Waals surface area contributed by atoms with Crippen molar-refractivity contribution in [3.63, 3.8) is 0 Å². The van der Waals surface area contributed by atoms with E-state index >= 15 is 0 Å². The van der Waals surface area contributed by atoms with Crippen molar-refractivity contribution in [2.75, 3.05) is 26.2 Å². The summed E-state index contributed by atoms with van der Waals surface area (Å²) >= 11 is 0. The number of nitrogens with one attached hydrogen (secondary N) is 1. The molecule has 8 nitrogen and oxygen atoms in total. The maximum absolute atomic E-state index is 11.2. The second-order valence-electron chi connectivity index (χ2n) is 6.42. The van der Waals surface area contributed by atoms with Gasteiger partial charge in [-0.05, 0) is 37.6 Å². The normalized spacial score (nSPS) is 19.8. The van der Waals surface area contributed by atoms with Crippen molar-refractivity contribution >= 4 is 5.91 Å². The summed E-state index contributed by atoms with van der Waals surface area (Å²) in [7, 11) is 0. The van der Waals surface area contributed by atoms with Gasteiger partial charge in [0.15, 0.2) is 0 Å². The van der Waals surface area contributed by atoms with Gasteiger partial charge in [-0.2, -0.15) is 5.10 Å². The van der Waals surface area contributed by atoms with Crippen LogP contribution in [0.2, 0.25) is 0 Å². The van der Waals surface area contributed by atoms with E-state index in [1.807, 2.05) is 12.1 Å². The lowest BCUT2D eigenvalue weighted by atomic mass is 9.94. The number of carbonyl (C=O) groups is 1. The number of aromatic amines is 1. The van der Waals surface area contributed by atoms with Crippen molar-refractivity contribution in [1.29, 1.82) is 0 Å². The third-order valence-corrected chi connectivity index (χ3v) is 4.40. The summed E-state index contributed by atoms with van der Waals surface area (Å²) in [6, 6.07) is 5.37. The summed E-state index contributed by atoms with van der Waals surface area (Å²) in [5, 5.41) is 17.0. The average Bonchev–Trinajstić information content (AvgIpc) is 3.27. The smallest absolute Gasteiger partial charge is 0.269 e. The first-order valence-electron chi connectivity index (χ1n) is 8.47. The minimum Gasteiger partial charge on any atom is -0.467 e. The van der Waals surface area contributed by atoms with Crippen LogP contribution in [0.5, 0.6) is 0 Å². The van der Waals surface area contributed by atoms with Crippen LogP contribution in [-0.2, 0) is 11.3 Å². The molecule has 0 aromatic carbocycles. The first-order chi connectivity index (χ1) is 12.1. The Kier molecular flexibility index (Phi) is 5.85. The zero-order valence-corrected chi connectivity index (χ0v) is 14.1. The standard InChI is InChI=1S/C17H24N4O4/c18-17(23)16-7-15(19-20-16)12-3-1-5-21(8-12)9-13(22)10-24-11-14-4-2-6-25-14/h2,4,6-7,12-13,22H,1,3,5,8-11H2,(H2,18,23)(H,19,20)/t12-,13+/m1/s1. The van der Waals surface area contributed by atoms with Gasteiger partial charge in [-0.3, -0.25) is 9.89 Å². The van der Waals surface area contributed by atoms with E-state index in [1.165, 1.54) is 0 Å². The molecule has 0 bridgehead atoms. The molecule has 0 saturated carbocycles. The maximum Gasteiger partial charge on any atom is 0.269 e. The number of likely N-dealkylation sites (tertiary alicyclic amines) is 1. The monoisotopic (exact) mass is 348 g/mol. The number of aromatic nitrogens is 2. The SMILES string of the molecule is NC(=O)c1cc([C@@H]2CCCN(C[C@H](O)COCc3ccco3)C2)[nH]n1. The highest BCUT2D eigenvalue weighted by Crippen LogP contribution is 2.26. The molecule has 25 heavy (non-hydrogen) atoms. The number of amides is 1. The van der Waals surface area contributed by atoms with Gasteiger partial charge in [0.1, 0.15) is 18.1 Å². The van der Waals surface area contributed by atoms with E-state index in [0.717, 1.165) is 37.4 Å². The third kappa shape index (κ3) is 4.91. The molecule has 0 radical (unpaired) electrons. The van der Waals surface area contributed by atoms with E-state index in [1.54, 1.807) is 12.3 Å². The number of ether oxygens (including phenoxy) is 1. The molecule has 2 aromatic rings. The van der Waals surface area contributed by atoms with Crippen molar-refractivity contribution < 1.29 is 19.1 Å². The second kappa shape index (κ2) is 8.28. The molecule has 8 heteroatoms. The Morgan fingerprint density at radius 2 is 2.48 bits per heavy atom. The Hall–Kier alpha value is -2.16. The number of H-pyrrole nitrogens is 1. The molecule has 2 aromatic heterocycles. The quantitative estimate of drug-likeness (QED) is 0.651. The van der Waals surface area contributed by atoms with Gasteiger partial charge in [-0.1, -0.05) is 0 Å². The Labute approximate surface area is 145 Å². The molecular weight excluding hydrogens is 324 g/mol. The molecule has 0 aliphatic carbocycles. The fourth-order valence-corrected chi connectivity index (χ4v) is 3.19. The predicted molar refractivity (Wildman–Crippen MR) is 89.9 cm³/mol. The van der Waals surface area contributed by atoms with E-state index in [4.69, 9.17) is 14.9 Å². The van der Waals surface area contributed by atoms with Gasteiger partial charge in [0, 0.05) is 24.7 Å². The van der Waals surface area contributed by atoms with Crippen LogP contribution < -0.4 is 5.73 Å². The van der Waals surface area contributed by atoms with Crippen molar-refractivity contribution in [3.05, 3.63) is 41.6 Å². The van der Waals surface area contributed by atoms with E-state index in [2.05, 4.69) is 15.1 Å². The molecular formula is C17H24N4O4. The average molecular weight is 348 g/mol. The highest BCUT2D eigenvalue weighted by molar-refractivity contribution is 5.90. The molecule has 0 spiro atoms. The van der Waals surface area contributed by atoms with Gasteiger partial charge in [0.2, 0.25) is 0 Å². The molecule has 1 amide bonds. The largest absolute Gasteiger partial charge is 0.467 e. The number of hydrogen-bond donors (Lipinski definition) is 3. The summed E-state index contributed by atoms with van der Waals surface area (Å²) in [5.74, 6) is 0.472. The van der Waals surface area contributed by atoms with Gasteiger partial charge in [-0.15, -0.1) is 0 Å². The highest BCUT2D eigenvalue weighted by Gasteiger charge is 2.25. The predicted octanol–water partition coefficient (Wildman–Crippen LogP) is 0.859. The number of aliphatic hydroxyl groups is 1. The Bertz CT molecular complexity index is 670.